The topological polar surface area (TPSA) is 54.2 Å². The molecule has 2 N–H and O–H groups in total. The molecule has 154 valence electrons. The predicted octanol–water partition coefficient (Wildman–Crippen LogP) is 4.00. The number of nitrogens with one attached hydrogen (secondary N) is 2. The third-order valence-corrected chi connectivity index (χ3v) is 4.41. The number of guanidine groups is 1. The number of aryl methyl sites for hydroxylation is 1. The molecule has 0 aliphatic heterocycles. The number of aromatic nitrogens is 2. The van der Waals surface area contributed by atoms with Crippen molar-refractivity contribution < 1.29 is 8.78 Å². The average Bonchev–Trinajstić information content (AvgIpc) is 3.09. The van der Waals surface area contributed by atoms with Crippen LogP contribution in [0.2, 0.25) is 0 Å². The second kappa shape index (κ2) is 10.9. The van der Waals surface area contributed by atoms with Crippen molar-refractivity contribution in [2.75, 3.05) is 7.05 Å². The van der Waals surface area contributed by atoms with Gasteiger partial charge in [-0.3, -0.25) is 4.99 Å². The molecule has 1 aromatic heterocycles. The highest BCUT2D eigenvalue weighted by atomic mass is 127. The van der Waals surface area contributed by atoms with Gasteiger partial charge in [0.05, 0.1) is 0 Å². The molecule has 0 unspecified atom stereocenters. The zero-order valence-electron chi connectivity index (χ0n) is 16.3. The van der Waals surface area contributed by atoms with Crippen LogP contribution in [0.25, 0.3) is 0 Å². The maximum atomic E-state index is 13.7. The molecule has 1 heterocycles. The second-order valence-electron chi connectivity index (χ2n) is 6.44. The third kappa shape index (κ3) is 6.52. The first kappa shape index (κ1) is 22.8. The van der Waals surface area contributed by atoms with Gasteiger partial charge in [0.2, 0.25) is 0 Å². The summed E-state index contributed by atoms with van der Waals surface area (Å²) in [7, 11) is 1.63. The molecule has 0 saturated heterocycles. The molecular weight excluding hydrogens is 487 g/mol. The highest BCUT2D eigenvalue weighted by Gasteiger charge is 2.06. The van der Waals surface area contributed by atoms with Crippen molar-refractivity contribution in [1.82, 2.24) is 20.2 Å². The Bertz CT molecular complexity index is 971. The fourth-order valence-electron chi connectivity index (χ4n) is 2.87. The van der Waals surface area contributed by atoms with Crippen LogP contribution < -0.4 is 10.6 Å². The Morgan fingerprint density at radius 1 is 1.07 bits per heavy atom. The molecule has 3 aromatic rings. The Morgan fingerprint density at radius 3 is 2.55 bits per heavy atom. The van der Waals surface area contributed by atoms with Crippen LogP contribution in [0.15, 0.2) is 59.9 Å². The van der Waals surface area contributed by atoms with Gasteiger partial charge in [0.25, 0.3) is 0 Å². The first-order valence-electron chi connectivity index (χ1n) is 8.99. The number of rotatable bonds is 6. The molecule has 2 aromatic carbocycles. The zero-order chi connectivity index (χ0) is 19.9. The van der Waals surface area contributed by atoms with Crippen LogP contribution >= 0.6 is 24.0 Å². The van der Waals surface area contributed by atoms with Crippen molar-refractivity contribution >= 4 is 29.9 Å². The number of hydrogen-bond donors (Lipinski definition) is 2. The SMILES string of the molecule is CN=C(NCc1cccc(Cn2ccnc2C)c1)NCc1cc(F)ccc1F.I. The van der Waals surface area contributed by atoms with Crippen molar-refractivity contribution in [3.05, 3.63) is 89.0 Å². The van der Waals surface area contributed by atoms with Gasteiger partial charge in [-0.2, -0.15) is 0 Å². The zero-order valence-corrected chi connectivity index (χ0v) is 18.7. The Morgan fingerprint density at radius 2 is 1.83 bits per heavy atom. The number of aliphatic imine (C=N–C) groups is 1. The Kier molecular flexibility index (Phi) is 8.56. The summed E-state index contributed by atoms with van der Waals surface area (Å²) < 4.78 is 29.1. The standard InChI is InChI=1S/C21H23F2N5.HI/c1-15-25-8-9-28(15)14-17-5-3-4-16(10-17)12-26-21(24-2)27-13-18-11-19(22)6-7-20(18)23;/h3-11H,12-14H2,1-2H3,(H2,24,26,27);1H. The maximum absolute atomic E-state index is 13.7. The number of imidazole rings is 1. The van der Waals surface area contributed by atoms with E-state index < -0.39 is 11.6 Å². The van der Waals surface area contributed by atoms with Crippen LogP contribution in [-0.4, -0.2) is 22.6 Å². The molecule has 0 spiro atoms. The van der Waals surface area contributed by atoms with Crippen molar-refractivity contribution in [3.63, 3.8) is 0 Å². The maximum Gasteiger partial charge on any atom is 0.191 e. The van der Waals surface area contributed by atoms with Gasteiger partial charge >= 0.3 is 0 Å². The second-order valence-corrected chi connectivity index (χ2v) is 6.44. The molecule has 0 fully saturated rings. The lowest BCUT2D eigenvalue weighted by atomic mass is 10.1. The third-order valence-electron chi connectivity index (χ3n) is 4.41. The van der Waals surface area contributed by atoms with Crippen LogP contribution in [0.3, 0.4) is 0 Å². The van der Waals surface area contributed by atoms with E-state index in [1.54, 1.807) is 13.2 Å². The Balaban J connectivity index is 0.00000300. The van der Waals surface area contributed by atoms with E-state index >= 15 is 0 Å². The van der Waals surface area contributed by atoms with E-state index in [-0.39, 0.29) is 36.1 Å². The highest BCUT2D eigenvalue weighted by Crippen LogP contribution is 2.10. The largest absolute Gasteiger partial charge is 0.352 e. The molecule has 3 rings (SSSR count). The quantitative estimate of drug-likeness (QED) is 0.299. The predicted molar refractivity (Wildman–Crippen MR) is 121 cm³/mol. The number of benzene rings is 2. The summed E-state index contributed by atoms with van der Waals surface area (Å²) in [5, 5.41) is 6.19. The first-order valence-corrected chi connectivity index (χ1v) is 8.99. The minimum Gasteiger partial charge on any atom is -0.352 e. The van der Waals surface area contributed by atoms with E-state index in [2.05, 4.69) is 37.3 Å². The van der Waals surface area contributed by atoms with Gasteiger partial charge in [-0.05, 0) is 36.2 Å². The summed E-state index contributed by atoms with van der Waals surface area (Å²) in [5.74, 6) is 0.565. The van der Waals surface area contributed by atoms with E-state index in [0.717, 1.165) is 30.1 Å². The van der Waals surface area contributed by atoms with Gasteiger partial charge in [-0.25, -0.2) is 13.8 Å². The summed E-state index contributed by atoms with van der Waals surface area (Å²) in [4.78, 5) is 8.37. The minimum atomic E-state index is -0.467. The molecule has 0 amide bonds. The number of halogens is 3. The van der Waals surface area contributed by atoms with Crippen LogP contribution in [0.4, 0.5) is 8.78 Å². The summed E-state index contributed by atoms with van der Waals surface area (Å²) in [5.41, 5.74) is 2.51. The molecule has 0 saturated carbocycles. The van der Waals surface area contributed by atoms with Gasteiger partial charge in [0.15, 0.2) is 5.96 Å². The van der Waals surface area contributed by atoms with Crippen LogP contribution in [-0.2, 0) is 19.6 Å². The number of hydrogen-bond acceptors (Lipinski definition) is 2. The molecule has 0 bridgehead atoms. The van der Waals surface area contributed by atoms with E-state index in [4.69, 9.17) is 0 Å². The molecular formula is C21H24F2IN5. The molecule has 29 heavy (non-hydrogen) atoms. The van der Waals surface area contributed by atoms with E-state index in [9.17, 15) is 8.78 Å². The fraction of sp³-hybridized carbons (Fsp3) is 0.238. The first-order chi connectivity index (χ1) is 13.5. The van der Waals surface area contributed by atoms with E-state index in [1.807, 2.05) is 25.3 Å². The van der Waals surface area contributed by atoms with Gasteiger partial charge in [0, 0.05) is 44.6 Å². The van der Waals surface area contributed by atoms with Gasteiger partial charge in [0.1, 0.15) is 17.5 Å². The fourth-order valence-corrected chi connectivity index (χ4v) is 2.87. The monoisotopic (exact) mass is 511 g/mol. The van der Waals surface area contributed by atoms with Gasteiger partial charge < -0.3 is 15.2 Å². The summed E-state index contributed by atoms with van der Waals surface area (Å²) >= 11 is 0. The van der Waals surface area contributed by atoms with E-state index in [1.165, 1.54) is 11.6 Å². The van der Waals surface area contributed by atoms with Crippen molar-refractivity contribution in [2.45, 2.75) is 26.6 Å². The molecule has 5 nitrogen and oxygen atoms in total. The normalized spacial score (nSPS) is 11.1. The molecule has 8 heteroatoms. The van der Waals surface area contributed by atoms with E-state index in [0.29, 0.717) is 12.5 Å². The molecule has 0 atom stereocenters. The van der Waals surface area contributed by atoms with Crippen molar-refractivity contribution in [2.24, 2.45) is 4.99 Å². The summed E-state index contributed by atoms with van der Waals surface area (Å²) in [6.07, 6.45) is 3.75. The van der Waals surface area contributed by atoms with Crippen LogP contribution in [0.1, 0.15) is 22.5 Å². The Labute approximate surface area is 186 Å². The van der Waals surface area contributed by atoms with Gasteiger partial charge in [-0.15, -0.1) is 24.0 Å². The lowest BCUT2D eigenvalue weighted by Crippen LogP contribution is -2.36. The minimum absolute atomic E-state index is 0. The van der Waals surface area contributed by atoms with Crippen LogP contribution in [0, 0.1) is 18.6 Å². The van der Waals surface area contributed by atoms with Crippen molar-refractivity contribution in [1.29, 1.82) is 0 Å². The number of nitrogens with zero attached hydrogens (tertiary/aromatic N) is 3. The summed E-state index contributed by atoms with van der Waals surface area (Å²) in [6, 6.07) is 11.6. The van der Waals surface area contributed by atoms with Crippen molar-refractivity contribution in [3.8, 4) is 0 Å². The molecule has 0 aliphatic rings. The van der Waals surface area contributed by atoms with Crippen LogP contribution in [0.5, 0.6) is 0 Å². The Hall–Kier alpha value is -2.49. The highest BCUT2D eigenvalue weighted by molar-refractivity contribution is 14.0. The lowest BCUT2D eigenvalue weighted by molar-refractivity contribution is 0.581. The smallest absolute Gasteiger partial charge is 0.191 e. The average molecular weight is 511 g/mol. The molecule has 0 aliphatic carbocycles. The lowest BCUT2D eigenvalue weighted by Gasteiger charge is -2.13. The summed E-state index contributed by atoms with van der Waals surface area (Å²) in [6.45, 7) is 3.43. The van der Waals surface area contributed by atoms with Gasteiger partial charge in [-0.1, -0.05) is 24.3 Å². The molecule has 0 radical (unpaired) electrons.